The quantitative estimate of drug-likeness (QED) is 0.522. The van der Waals surface area contributed by atoms with Gasteiger partial charge in [-0.3, -0.25) is 4.79 Å². The lowest BCUT2D eigenvalue weighted by Crippen LogP contribution is -2.25. The molecule has 5 heteroatoms. The summed E-state index contributed by atoms with van der Waals surface area (Å²) in [4.78, 5) is 13.7. The van der Waals surface area contributed by atoms with Crippen molar-refractivity contribution in [1.82, 2.24) is 0 Å². The molecule has 1 amide bonds. The van der Waals surface area contributed by atoms with E-state index in [0.29, 0.717) is 11.4 Å². The maximum Gasteiger partial charge on any atom is 0.228 e. The summed E-state index contributed by atoms with van der Waals surface area (Å²) in [6.07, 6.45) is 0.568. The Morgan fingerprint density at radius 2 is 2.27 bits per heavy atom. The van der Waals surface area contributed by atoms with Gasteiger partial charge in [0.15, 0.2) is 0 Å². The van der Waals surface area contributed by atoms with E-state index in [1.807, 2.05) is 18.2 Å². The maximum absolute atomic E-state index is 11.7. The fraction of sp³-hybridized carbons (Fsp3) is 0.300. The van der Waals surface area contributed by atoms with Crippen molar-refractivity contribution in [2.45, 2.75) is 11.2 Å². The summed E-state index contributed by atoms with van der Waals surface area (Å²) in [5.41, 5.74) is 0.951. The highest BCUT2D eigenvalue weighted by atomic mass is 127. The van der Waals surface area contributed by atoms with Crippen LogP contribution in [0.1, 0.15) is 6.42 Å². The molecular formula is C10H8BrClINO. The Morgan fingerprint density at radius 1 is 1.53 bits per heavy atom. The van der Waals surface area contributed by atoms with E-state index < -0.39 is 0 Å². The number of nitrogens with zero attached hydrogens (tertiary/aromatic N) is 1. The van der Waals surface area contributed by atoms with Crippen LogP contribution in [0, 0.1) is 3.57 Å². The highest BCUT2D eigenvalue weighted by Gasteiger charge is 2.29. The third-order valence-corrected chi connectivity index (χ3v) is 3.99. The second-order valence-corrected chi connectivity index (χ2v) is 6.30. The van der Waals surface area contributed by atoms with Gasteiger partial charge >= 0.3 is 0 Å². The number of anilines is 1. The minimum Gasteiger partial charge on any atom is -0.310 e. The standard InChI is InChI=1S/C10H8BrClINO/c11-6-3-10(15)14(5-6)9-2-1-7(12)4-8(9)13/h1-2,4,6H,3,5H2. The Morgan fingerprint density at radius 3 is 2.80 bits per heavy atom. The van der Waals surface area contributed by atoms with Crippen LogP contribution in [0.15, 0.2) is 18.2 Å². The van der Waals surface area contributed by atoms with E-state index in [-0.39, 0.29) is 10.7 Å². The van der Waals surface area contributed by atoms with Crippen molar-refractivity contribution >= 4 is 61.7 Å². The number of alkyl halides is 1. The largest absolute Gasteiger partial charge is 0.310 e. The van der Waals surface area contributed by atoms with Crippen LogP contribution in [0.5, 0.6) is 0 Å². The van der Waals surface area contributed by atoms with Gasteiger partial charge in [-0.1, -0.05) is 27.5 Å². The molecule has 0 spiro atoms. The van der Waals surface area contributed by atoms with Crippen molar-refractivity contribution in [1.29, 1.82) is 0 Å². The summed E-state index contributed by atoms with van der Waals surface area (Å²) in [7, 11) is 0. The highest BCUT2D eigenvalue weighted by molar-refractivity contribution is 14.1. The molecule has 0 N–H and O–H groups in total. The van der Waals surface area contributed by atoms with Crippen LogP contribution in [0.2, 0.25) is 5.02 Å². The van der Waals surface area contributed by atoms with Gasteiger partial charge in [-0.25, -0.2) is 0 Å². The van der Waals surface area contributed by atoms with E-state index in [4.69, 9.17) is 11.6 Å². The molecule has 1 fully saturated rings. The van der Waals surface area contributed by atoms with E-state index >= 15 is 0 Å². The minimum absolute atomic E-state index is 0.164. The number of rotatable bonds is 1. The summed E-state index contributed by atoms with van der Waals surface area (Å²) in [6, 6.07) is 5.58. The van der Waals surface area contributed by atoms with Gasteiger partial charge in [0.1, 0.15) is 0 Å². The van der Waals surface area contributed by atoms with Crippen molar-refractivity contribution < 1.29 is 4.79 Å². The molecule has 1 aromatic rings. The molecule has 15 heavy (non-hydrogen) atoms. The zero-order valence-electron chi connectivity index (χ0n) is 7.71. The van der Waals surface area contributed by atoms with Gasteiger partial charge in [0.25, 0.3) is 0 Å². The Labute approximate surface area is 115 Å². The molecule has 0 aromatic heterocycles. The zero-order chi connectivity index (χ0) is 11.0. The van der Waals surface area contributed by atoms with Gasteiger partial charge in [0.05, 0.1) is 5.69 Å². The lowest BCUT2D eigenvalue weighted by Gasteiger charge is -2.17. The van der Waals surface area contributed by atoms with Crippen LogP contribution in [0.4, 0.5) is 5.69 Å². The number of halogens is 3. The predicted octanol–water partition coefficient (Wildman–Crippen LogP) is 3.44. The molecule has 0 bridgehead atoms. The van der Waals surface area contributed by atoms with Gasteiger partial charge in [0.2, 0.25) is 5.91 Å². The van der Waals surface area contributed by atoms with Crippen molar-refractivity contribution in [3.05, 3.63) is 26.8 Å². The topological polar surface area (TPSA) is 20.3 Å². The smallest absolute Gasteiger partial charge is 0.228 e. The van der Waals surface area contributed by atoms with Crippen LogP contribution < -0.4 is 4.90 Å². The van der Waals surface area contributed by atoms with Crippen molar-refractivity contribution in [3.8, 4) is 0 Å². The molecule has 2 nitrogen and oxygen atoms in total. The fourth-order valence-electron chi connectivity index (χ4n) is 1.60. The molecule has 2 rings (SSSR count). The molecule has 1 saturated heterocycles. The summed E-state index contributed by atoms with van der Waals surface area (Å²) in [6.45, 7) is 0.733. The van der Waals surface area contributed by atoms with Crippen LogP contribution in [0.3, 0.4) is 0 Å². The molecule has 1 unspecified atom stereocenters. The molecule has 1 atom stereocenters. The summed E-state index contributed by atoms with van der Waals surface area (Å²) < 4.78 is 1.01. The molecule has 1 aromatic carbocycles. The number of hydrogen-bond acceptors (Lipinski definition) is 1. The van der Waals surface area contributed by atoms with Crippen LogP contribution >= 0.6 is 50.1 Å². The van der Waals surface area contributed by atoms with E-state index in [9.17, 15) is 4.79 Å². The van der Waals surface area contributed by atoms with Crippen LogP contribution in [-0.2, 0) is 4.79 Å². The van der Waals surface area contributed by atoms with E-state index in [2.05, 4.69) is 38.5 Å². The van der Waals surface area contributed by atoms with Crippen LogP contribution in [0.25, 0.3) is 0 Å². The second-order valence-electron chi connectivity index (χ2n) is 3.40. The summed E-state index contributed by atoms with van der Waals surface area (Å²) in [5.74, 6) is 0.164. The zero-order valence-corrected chi connectivity index (χ0v) is 12.2. The van der Waals surface area contributed by atoms with E-state index in [0.717, 1.165) is 15.8 Å². The molecule has 1 aliphatic heterocycles. The average molecular weight is 400 g/mol. The lowest BCUT2D eigenvalue weighted by molar-refractivity contribution is -0.117. The van der Waals surface area contributed by atoms with Crippen molar-refractivity contribution in [2.75, 3.05) is 11.4 Å². The first-order valence-electron chi connectivity index (χ1n) is 4.47. The first-order valence-corrected chi connectivity index (χ1v) is 6.84. The Kier molecular flexibility index (Phi) is 3.57. The monoisotopic (exact) mass is 399 g/mol. The van der Waals surface area contributed by atoms with Gasteiger partial charge < -0.3 is 4.90 Å². The van der Waals surface area contributed by atoms with Gasteiger partial charge in [-0.2, -0.15) is 0 Å². The lowest BCUT2D eigenvalue weighted by atomic mass is 10.3. The average Bonchev–Trinajstić information content (AvgIpc) is 2.45. The second kappa shape index (κ2) is 4.59. The van der Waals surface area contributed by atoms with Gasteiger partial charge in [-0.15, -0.1) is 0 Å². The number of hydrogen-bond donors (Lipinski definition) is 0. The molecule has 0 radical (unpaired) electrons. The molecule has 1 heterocycles. The van der Waals surface area contributed by atoms with Gasteiger partial charge in [0, 0.05) is 26.4 Å². The molecule has 80 valence electrons. The Bertz CT molecular complexity index is 412. The Hall–Kier alpha value is 0.190. The normalized spacial score (nSPS) is 21.1. The SMILES string of the molecule is O=C1CC(Br)CN1c1ccc(Cl)cc1I. The molecule has 0 aliphatic carbocycles. The van der Waals surface area contributed by atoms with Crippen LogP contribution in [-0.4, -0.2) is 17.3 Å². The van der Waals surface area contributed by atoms with E-state index in [1.165, 1.54) is 0 Å². The summed E-state index contributed by atoms with van der Waals surface area (Å²) in [5, 5.41) is 0.699. The first-order chi connectivity index (χ1) is 7.08. The minimum atomic E-state index is 0.164. The van der Waals surface area contributed by atoms with Crippen molar-refractivity contribution in [3.63, 3.8) is 0 Å². The maximum atomic E-state index is 11.7. The van der Waals surface area contributed by atoms with E-state index in [1.54, 1.807) is 4.90 Å². The van der Waals surface area contributed by atoms with Gasteiger partial charge in [-0.05, 0) is 40.8 Å². The molecule has 1 aliphatic rings. The third-order valence-electron chi connectivity index (χ3n) is 2.28. The molecular weight excluding hydrogens is 392 g/mol. The summed E-state index contributed by atoms with van der Waals surface area (Å²) >= 11 is 11.5. The third kappa shape index (κ3) is 2.47. The fourth-order valence-corrected chi connectivity index (χ4v) is 3.33. The number of amides is 1. The number of benzene rings is 1. The molecule has 0 saturated carbocycles. The number of carbonyl (C=O) groups excluding carboxylic acids is 1. The predicted molar refractivity (Wildman–Crippen MR) is 73.9 cm³/mol. The van der Waals surface area contributed by atoms with Crippen molar-refractivity contribution in [2.24, 2.45) is 0 Å². The Balaban J connectivity index is 2.34. The number of carbonyl (C=O) groups is 1. The highest BCUT2D eigenvalue weighted by Crippen LogP contribution is 2.30. The first kappa shape index (κ1) is 11.7.